The van der Waals surface area contributed by atoms with Crippen LogP contribution in [0.5, 0.6) is 0 Å². The van der Waals surface area contributed by atoms with E-state index in [2.05, 4.69) is 10.4 Å². The van der Waals surface area contributed by atoms with Crippen LogP contribution in [0, 0.1) is 11.3 Å². The van der Waals surface area contributed by atoms with Gasteiger partial charge in [0, 0.05) is 31.4 Å². The van der Waals surface area contributed by atoms with Crippen LogP contribution in [0.2, 0.25) is 0 Å². The second-order valence-electron chi connectivity index (χ2n) is 9.23. The van der Waals surface area contributed by atoms with Gasteiger partial charge in [0.25, 0.3) is 5.91 Å². The first kappa shape index (κ1) is 21.6. The van der Waals surface area contributed by atoms with Crippen LogP contribution in [-0.2, 0) is 4.79 Å². The Morgan fingerprint density at radius 1 is 1.32 bits per heavy atom. The molecule has 0 bridgehead atoms. The van der Waals surface area contributed by atoms with E-state index in [0.29, 0.717) is 12.5 Å². The summed E-state index contributed by atoms with van der Waals surface area (Å²) in [6, 6.07) is 0. The molecule has 5 atom stereocenters. The van der Waals surface area contributed by atoms with Crippen molar-refractivity contribution < 1.29 is 22.4 Å². The van der Waals surface area contributed by atoms with Crippen LogP contribution in [0.1, 0.15) is 27.2 Å². The molecule has 168 valence electrons. The second-order valence-corrected chi connectivity index (χ2v) is 9.23. The SMILES string of the molecule is CC1C=C(C(F)(F)F)C=C(C(=O)N2CC3(C)C=NN(C)C3NC3=CC=CCC32C)C1F. The molecule has 2 aliphatic heterocycles. The zero-order valence-electron chi connectivity index (χ0n) is 17.9. The van der Waals surface area contributed by atoms with Gasteiger partial charge >= 0.3 is 6.18 Å². The topological polar surface area (TPSA) is 47.9 Å². The van der Waals surface area contributed by atoms with E-state index in [4.69, 9.17) is 0 Å². The third-order valence-corrected chi connectivity index (χ3v) is 6.75. The quantitative estimate of drug-likeness (QED) is 0.636. The molecule has 4 rings (SSSR count). The highest BCUT2D eigenvalue weighted by Crippen LogP contribution is 2.43. The summed E-state index contributed by atoms with van der Waals surface area (Å²) >= 11 is 0. The highest BCUT2D eigenvalue weighted by molar-refractivity contribution is 5.96. The maximum atomic E-state index is 15.1. The molecular weight excluding hydrogens is 412 g/mol. The monoisotopic (exact) mass is 438 g/mol. The predicted molar refractivity (Wildman–Crippen MR) is 110 cm³/mol. The van der Waals surface area contributed by atoms with E-state index in [9.17, 15) is 18.0 Å². The number of hydrogen-bond donors (Lipinski definition) is 1. The number of halogens is 4. The lowest BCUT2D eigenvalue weighted by Crippen LogP contribution is -2.55. The summed E-state index contributed by atoms with van der Waals surface area (Å²) in [5, 5.41) is 9.57. The lowest BCUT2D eigenvalue weighted by Gasteiger charge is -2.44. The number of allylic oxidation sites excluding steroid dienone is 5. The van der Waals surface area contributed by atoms with Gasteiger partial charge in [0.1, 0.15) is 12.3 Å². The highest BCUT2D eigenvalue weighted by Gasteiger charge is 2.53. The molecule has 1 amide bonds. The number of amides is 1. The smallest absolute Gasteiger partial charge is 0.365 e. The Morgan fingerprint density at radius 2 is 2.03 bits per heavy atom. The molecule has 0 aromatic carbocycles. The zero-order valence-corrected chi connectivity index (χ0v) is 17.9. The number of alkyl halides is 4. The van der Waals surface area contributed by atoms with E-state index in [1.54, 1.807) is 11.2 Å². The van der Waals surface area contributed by atoms with Gasteiger partial charge in [-0.2, -0.15) is 18.3 Å². The van der Waals surface area contributed by atoms with Crippen LogP contribution < -0.4 is 5.32 Å². The van der Waals surface area contributed by atoms with Crippen LogP contribution >= 0.6 is 0 Å². The van der Waals surface area contributed by atoms with Gasteiger partial charge in [-0.3, -0.25) is 9.80 Å². The van der Waals surface area contributed by atoms with Crippen molar-refractivity contribution in [1.29, 1.82) is 0 Å². The minimum Gasteiger partial charge on any atom is -0.365 e. The van der Waals surface area contributed by atoms with Gasteiger partial charge in [0.05, 0.1) is 22.1 Å². The van der Waals surface area contributed by atoms with Gasteiger partial charge in [-0.1, -0.05) is 25.2 Å². The summed E-state index contributed by atoms with van der Waals surface area (Å²) in [7, 11) is 1.82. The Kier molecular flexibility index (Phi) is 4.86. The first-order valence-corrected chi connectivity index (χ1v) is 10.3. The van der Waals surface area contributed by atoms with Gasteiger partial charge < -0.3 is 10.2 Å². The predicted octanol–water partition coefficient (Wildman–Crippen LogP) is 3.69. The fraction of sp³-hybridized carbons (Fsp3) is 0.545. The molecule has 1 saturated heterocycles. The molecule has 1 fully saturated rings. The maximum absolute atomic E-state index is 15.1. The number of carbonyl (C=O) groups is 1. The first-order chi connectivity index (χ1) is 14.4. The minimum absolute atomic E-state index is 0.183. The van der Waals surface area contributed by atoms with Gasteiger partial charge in [-0.25, -0.2) is 4.39 Å². The maximum Gasteiger partial charge on any atom is 0.416 e. The first-order valence-electron chi connectivity index (χ1n) is 10.3. The molecule has 9 heteroatoms. The van der Waals surface area contributed by atoms with E-state index in [-0.39, 0.29) is 12.7 Å². The molecule has 0 spiro atoms. The number of carbonyl (C=O) groups excluding carboxylic acids is 1. The van der Waals surface area contributed by atoms with Crippen molar-refractivity contribution in [3.8, 4) is 0 Å². The van der Waals surface area contributed by atoms with Gasteiger partial charge in [-0.05, 0) is 32.4 Å². The molecule has 5 unspecified atom stereocenters. The van der Waals surface area contributed by atoms with Crippen molar-refractivity contribution in [3.05, 3.63) is 47.2 Å². The van der Waals surface area contributed by atoms with Crippen molar-refractivity contribution in [2.24, 2.45) is 16.4 Å². The summed E-state index contributed by atoms with van der Waals surface area (Å²) in [5.74, 6) is -1.77. The van der Waals surface area contributed by atoms with Crippen molar-refractivity contribution in [3.63, 3.8) is 0 Å². The molecule has 5 nitrogen and oxygen atoms in total. The van der Waals surface area contributed by atoms with E-state index >= 15 is 4.39 Å². The normalized spacial score (nSPS) is 37.3. The summed E-state index contributed by atoms with van der Waals surface area (Å²) in [4.78, 5) is 15.2. The summed E-state index contributed by atoms with van der Waals surface area (Å²) in [6.45, 7) is 5.32. The van der Waals surface area contributed by atoms with Gasteiger partial charge in [0.2, 0.25) is 0 Å². The molecule has 31 heavy (non-hydrogen) atoms. The highest BCUT2D eigenvalue weighted by atomic mass is 19.4. The minimum atomic E-state index is -4.65. The molecule has 0 saturated carbocycles. The van der Waals surface area contributed by atoms with E-state index < -0.39 is 46.3 Å². The second kappa shape index (κ2) is 6.97. The average Bonchev–Trinajstić information content (AvgIpc) is 2.91. The van der Waals surface area contributed by atoms with E-state index in [0.717, 1.165) is 11.8 Å². The molecule has 2 heterocycles. The number of hydrazone groups is 1. The van der Waals surface area contributed by atoms with Crippen molar-refractivity contribution in [1.82, 2.24) is 15.2 Å². The molecule has 4 aliphatic rings. The molecule has 0 radical (unpaired) electrons. The Balaban J connectivity index is 1.79. The third kappa shape index (κ3) is 3.38. The van der Waals surface area contributed by atoms with Gasteiger partial charge in [-0.15, -0.1) is 0 Å². The third-order valence-electron chi connectivity index (χ3n) is 6.75. The van der Waals surface area contributed by atoms with Crippen LogP contribution in [0.4, 0.5) is 17.6 Å². The van der Waals surface area contributed by atoms with Crippen molar-refractivity contribution in [2.75, 3.05) is 13.6 Å². The Morgan fingerprint density at radius 3 is 2.71 bits per heavy atom. The molecular formula is C22H26F4N4O. The summed E-state index contributed by atoms with van der Waals surface area (Å²) < 4.78 is 55.3. The molecule has 0 aromatic heterocycles. The molecule has 1 N–H and O–H groups in total. The molecule has 0 aromatic rings. The number of hydrogen-bond acceptors (Lipinski definition) is 4. The largest absolute Gasteiger partial charge is 0.416 e. The fourth-order valence-electron chi connectivity index (χ4n) is 4.80. The Hall–Kier alpha value is -2.58. The standard InChI is InChI=1S/C22H26F4N4O/c1-13-9-14(22(24,25)26)10-15(17(13)23)18(31)30-12-20(2)11-27-29(4)19(20)28-16-7-5-6-8-21(16,30)3/h5-7,9-11,13,17,19,28H,8,12H2,1-4H3. The lowest BCUT2D eigenvalue weighted by molar-refractivity contribution is -0.133. The van der Waals surface area contributed by atoms with E-state index in [1.165, 1.54) is 11.8 Å². The van der Waals surface area contributed by atoms with E-state index in [1.807, 2.05) is 39.1 Å². The molecule has 2 aliphatic carbocycles. The summed E-state index contributed by atoms with van der Waals surface area (Å²) in [5.41, 5.74) is -2.15. The van der Waals surface area contributed by atoms with Crippen molar-refractivity contribution in [2.45, 2.75) is 51.2 Å². The van der Waals surface area contributed by atoms with Crippen LogP contribution in [0.3, 0.4) is 0 Å². The Bertz CT molecular complexity index is 950. The van der Waals surface area contributed by atoms with Crippen molar-refractivity contribution >= 4 is 12.1 Å². The lowest BCUT2D eigenvalue weighted by atomic mass is 9.83. The summed E-state index contributed by atoms with van der Waals surface area (Å²) in [6.07, 6.45) is 2.64. The van der Waals surface area contributed by atoms with Gasteiger partial charge in [0.15, 0.2) is 0 Å². The van der Waals surface area contributed by atoms with Crippen LogP contribution in [0.15, 0.2) is 52.3 Å². The fourth-order valence-corrected chi connectivity index (χ4v) is 4.80. The van der Waals surface area contributed by atoms with Crippen LogP contribution in [-0.4, -0.2) is 59.7 Å². The average molecular weight is 438 g/mol. The number of fused-ring (bicyclic) bond motifs is 2. The zero-order chi connectivity index (χ0) is 22.8. The number of nitrogens with one attached hydrogen (secondary N) is 1. The number of rotatable bonds is 1. The number of nitrogens with zero attached hydrogens (tertiary/aromatic N) is 3. The van der Waals surface area contributed by atoms with Crippen LogP contribution in [0.25, 0.3) is 0 Å². The Labute approximate surface area is 178 Å².